The molecule has 9 nitrogen and oxygen atoms in total. The number of rotatable bonds is 7. The molecule has 8 rings (SSSR count). The normalized spacial score (nSPS) is 16.7. The number of hydrogen-bond donors (Lipinski definition) is 3. The number of pyridine rings is 1. The van der Waals surface area contributed by atoms with Gasteiger partial charge in [0.1, 0.15) is 17.5 Å². The lowest BCUT2D eigenvalue weighted by Crippen LogP contribution is -2.59. The van der Waals surface area contributed by atoms with E-state index >= 15 is 0 Å². The van der Waals surface area contributed by atoms with Gasteiger partial charge in [-0.05, 0) is 91.9 Å². The number of nitrogens with one attached hydrogen (secondary N) is 2. The maximum Gasteiger partial charge on any atom is 0.259 e. The van der Waals surface area contributed by atoms with Gasteiger partial charge in [0.15, 0.2) is 6.23 Å². The van der Waals surface area contributed by atoms with Gasteiger partial charge in [-0.3, -0.25) is 9.59 Å². The van der Waals surface area contributed by atoms with Crippen LogP contribution in [0.5, 0.6) is 0 Å². The summed E-state index contributed by atoms with van der Waals surface area (Å²) < 4.78 is 34.2. The van der Waals surface area contributed by atoms with E-state index in [4.69, 9.17) is 4.74 Å². The molecule has 0 aliphatic carbocycles. The summed E-state index contributed by atoms with van der Waals surface area (Å²) in [7, 11) is 0. The maximum atomic E-state index is 14.3. The van der Waals surface area contributed by atoms with Crippen LogP contribution in [-0.4, -0.2) is 54.8 Å². The molecule has 0 bridgehead atoms. The van der Waals surface area contributed by atoms with E-state index in [1.54, 1.807) is 35.4 Å². The fourth-order valence-corrected chi connectivity index (χ4v) is 8.59. The lowest BCUT2D eigenvalue weighted by atomic mass is 9.73. The monoisotopic (exact) mass is 721 g/mol. The Balaban J connectivity index is 0.971. The van der Waals surface area contributed by atoms with Crippen molar-refractivity contribution in [3.05, 3.63) is 125 Å². The van der Waals surface area contributed by atoms with Crippen LogP contribution in [0.2, 0.25) is 0 Å². The quantitative estimate of drug-likeness (QED) is 0.149. The first-order valence-corrected chi connectivity index (χ1v) is 18.1. The Morgan fingerprint density at radius 2 is 1.71 bits per heavy atom. The number of hydrogen-bond acceptors (Lipinski definition) is 8. The highest BCUT2D eigenvalue weighted by atomic mass is 32.1. The number of amides is 2. The number of halogens is 2. The molecule has 5 aromatic rings. The molecule has 1 spiro atoms. The molecule has 0 radical (unpaired) electrons. The standard InChI is InChI=1S/C40H37F2N5O4S/c1-24-19-29(36(43-21-24)46-22-40(23-46)14-17-51-18-15-40)37(48)44-27-11-9-25(10-12-27)39(50)47-16-13-26-20-33(52-35(26)28-5-2-3-8-32(28)47)45-38(49)34-30(41)6-4-7-31(34)42/h2-12,19-21,38,45,49H,13-18,22-23H2,1H3,(H,44,48). The molecule has 3 aliphatic heterocycles. The average molecular weight is 722 g/mol. The van der Waals surface area contributed by atoms with Gasteiger partial charge in [0, 0.05) is 66.2 Å². The van der Waals surface area contributed by atoms with Crippen LogP contribution in [0, 0.1) is 24.0 Å². The van der Waals surface area contributed by atoms with E-state index in [2.05, 4.69) is 20.5 Å². The number of aryl methyl sites for hydroxylation is 1. The van der Waals surface area contributed by atoms with Crippen molar-refractivity contribution < 1.29 is 28.2 Å². The van der Waals surface area contributed by atoms with Crippen LogP contribution in [0.15, 0.2) is 85.1 Å². The summed E-state index contributed by atoms with van der Waals surface area (Å²) in [6.45, 7) is 5.56. The zero-order chi connectivity index (χ0) is 36.0. The third-order valence-corrected chi connectivity index (χ3v) is 11.3. The fraction of sp³-hybridized carbons (Fsp3) is 0.275. The van der Waals surface area contributed by atoms with Crippen molar-refractivity contribution in [3.8, 4) is 10.4 Å². The summed E-state index contributed by atoms with van der Waals surface area (Å²) in [6.07, 6.45) is 2.77. The van der Waals surface area contributed by atoms with Crippen LogP contribution in [0.4, 0.5) is 31.0 Å². The molecule has 12 heteroatoms. The molecule has 2 fully saturated rings. The van der Waals surface area contributed by atoms with E-state index in [1.165, 1.54) is 17.4 Å². The van der Waals surface area contributed by atoms with Crippen molar-refractivity contribution in [1.82, 2.24) is 4.98 Å². The van der Waals surface area contributed by atoms with Gasteiger partial charge in [-0.15, -0.1) is 11.3 Å². The zero-order valence-electron chi connectivity index (χ0n) is 28.5. The summed E-state index contributed by atoms with van der Waals surface area (Å²) in [5, 5.41) is 17.0. The van der Waals surface area contributed by atoms with Gasteiger partial charge in [-0.25, -0.2) is 13.8 Å². The summed E-state index contributed by atoms with van der Waals surface area (Å²) in [4.78, 5) is 37.1. The smallest absolute Gasteiger partial charge is 0.259 e. The topological polar surface area (TPSA) is 107 Å². The second-order valence-corrected chi connectivity index (χ2v) is 14.8. The second kappa shape index (κ2) is 13.8. The lowest BCUT2D eigenvalue weighted by molar-refractivity contribution is -0.000510. The molecular formula is C40H37F2N5O4S. The van der Waals surface area contributed by atoms with Gasteiger partial charge in [0.25, 0.3) is 11.8 Å². The Hall–Kier alpha value is -5.17. The second-order valence-electron chi connectivity index (χ2n) is 13.8. The van der Waals surface area contributed by atoms with Crippen molar-refractivity contribution in [2.45, 2.75) is 32.4 Å². The van der Waals surface area contributed by atoms with Gasteiger partial charge in [0.05, 0.1) is 21.8 Å². The molecule has 3 aromatic carbocycles. The molecule has 52 heavy (non-hydrogen) atoms. The molecule has 2 aromatic heterocycles. The van der Waals surface area contributed by atoms with Gasteiger partial charge >= 0.3 is 0 Å². The Morgan fingerprint density at radius 1 is 0.981 bits per heavy atom. The number of benzene rings is 3. The summed E-state index contributed by atoms with van der Waals surface area (Å²) in [6, 6.07) is 21.7. The molecule has 3 aliphatic rings. The molecule has 266 valence electrons. The summed E-state index contributed by atoms with van der Waals surface area (Å²) in [5.41, 5.74) is 4.74. The van der Waals surface area contributed by atoms with Gasteiger partial charge in [0.2, 0.25) is 0 Å². The Labute approximate surface area is 303 Å². The van der Waals surface area contributed by atoms with Gasteiger partial charge < -0.3 is 30.3 Å². The predicted octanol–water partition coefficient (Wildman–Crippen LogP) is 7.57. The number of anilines is 4. The van der Waals surface area contributed by atoms with E-state index in [-0.39, 0.29) is 17.2 Å². The first-order chi connectivity index (χ1) is 25.2. The molecule has 3 N–H and O–H groups in total. The highest BCUT2D eigenvalue weighted by molar-refractivity contribution is 7.19. The molecule has 2 saturated heterocycles. The fourth-order valence-electron chi connectivity index (χ4n) is 7.42. The number of carbonyl (C=O) groups is 2. The Morgan fingerprint density at radius 3 is 2.46 bits per heavy atom. The highest BCUT2D eigenvalue weighted by Crippen LogP contribution is 2.45. The van der Waals surface area contributed by atoms with E-state index in [1.807, 2.05) is 43.3 Å². The van der Waals surface area contributed by atoms with Gasteiger partial charge in [-0.2, -0.15) is 0 Å². The predicted molar refractivity (Wildman–Crippen MR) is 198 cm³/mol. The Bertz CT molecular complexity index is 2140. The van der Waals surface area contributed by atoms with Crippen molar-refractivity contribution in [2.24, 2.45) is 5.41 Å². The van der Waals surface area contributed by atoms with E-state index in [9.17, 15) is 23.5 Å². The molecule has 1 atom stereocenters. The largest absolute Gasteiger partial charge is 0.381 e. The number of fused-ring (bicyclic) bond motifs is 3. The SMILES string of the molecule is Cc1cnc(N2CC3(CCOCC3)C2)c(C(=O)Nc2ccc(C(=O)N3CCc4cc(NC(O)c5c(F)cccc5F)sc4-c4ccccc43)cc2)c1. The van der Waals surface area contributed by atoms with Crippen LogP contribution < -0.4 is 20.4 Å². The highest BCUT2D eigenvalue weighted by Gasteiger charge is 2.45. The number of aliphatic hydroxyl groups excluding tert-OH is 1. The van der Waals surface area contributed by atoms with Crippen LogP contribution in [0.25, 0.3) is 10.4 Å². The van der Waals surface area contributed by atoms with Crippen LogP contribution in [0.1, 0.15) is 56.5 Å². The van der Waals surface area contributed by atoms with E-state index in [0.717, 1.165) is 78.5 Å². The molecule has 0 saturated carbocycles. The molecular weight excluding hydrogens is 685 g/mol. The number of aromatic nitrogens is 1. The van der Waals surface area contributed by atoms with Crippen LogP contribution in [-0.2, 0) is 11.2 Å². The van der Waals surface area contributed by atoms with Crippen molar-refractivity contribution >= 4 is 45.3 Å². The first kappa shape index (κ1) is 33.9. The first-order valence-electron chi connectivity index (χ1n) is 17.3. The summed E-state index contributed by atoms with van der Waals surface area (Å²) >= 11 is 1.35. The summed E-state index contributed by atoms with van der Waals surface area (Å²) in [5.74, 6) is -1.44. The lowest BCUT2D eigenvalue weighted by Gasteiger charge is -2.53. The van der Waals surface area contributed by atoms with Crippen LogP contribution >= 0.6 is 11.3 Å². The van der Waals surface area contributed by atoms with E-state index < -0.39 is 23.4 Å². The minimum atomic E-state index is -1.58. The third kappa shape index (κ3) is 6.42. The van der Waals surface area contributed by atoms with Crippen molar-refractivity contribution in [3.63, 3.8) is 0 Å². The number of aliphatic hydroxyl groups is 1. The number of thiophene rings is 1. The van der Waals surface area contributed by atoms with Crippen molar-refractivity contribution in [2.75, 3.05) is 53.3 Å². The number of para-hydroxylation sites is 1. The maximum absolute atomic E-state index is 14.3. The van der Waals surface area contributed by atoms with E-state index in [0.29, 0.717) is 40.6 Å². The number of nitrogens with zero attached hydrogens (tertiary/aromatic N) is 3. The molecule has 5 heterocycles. The average Bonchev–Trinajstić information content (AvgIpc) is 3.46. The molecule has 1 unspecified atom stereocenters. The minimum Gasteiger partial charge on any atom is -0.381 e. The van der Waals surface area contributed by atoms with Crippen molar-refractivity contribution in [1.29, 1.82) is 0 Å². The van der Waals surface area contributed by atoms with Gasteiger partial charge in [-0.1, -0.05) is 24.3 Å². The third-order valence-electron chi connectivity index (χ3n) is 10.2. The zero-order valence-corrected chi connectivity index (χ0v) is 29.3. The minimum absolute atomic E-state index is 0.186. The Kier molecular flexibility index (Phi) is 8.98. The molecule has 2 amide bonds. The number of carbonyl (C=O) groups excluding carboxylic acids is 2. The van der Waals surface area contributed by atoms with Crippen LogP contribution in [0.3, 0.4) is 0 Å². The number of ether oxygens (including phenoxy) is 1.